The summed E-state index contributed by atoms with van der Waals surface area (Å²) in [6, 6.07) is 16.2. The number of ether oxygens (including phenoxy) is 1. The molecule has 0 atom stereocenters. The van der Waals surface area contributed by atoms with Crippen LogP contribution in [0.4, 0.5) is 0 Å². The van der Waals surface area contributed by atoms with Gasteiger partial charge in [-0.2, -0.15) is 0 Å². The Balaban J connectivity index is 1.44. The lowest BCUT2D eigenvalue weighted by Crippen LogP contribution is -2.45. The van der Waals surface area contributed by atoms with Crippen LogP contribution < -0.4 is 9.46 Å². The van der Waals surface area contributed by atoms with Crippen molar-refractivity contribution in [3.63, 3.8) is 0 Å². The van der Waals surface area contributed by atoms with Gasteiger partial charge in [0.25, 0.3) is 0 Å². The molecule has 0 bridgehead atoms. The normalized spacial score (nSPS) is 16.5. The zero-order chi connectivity index (χ0) is 18.4. The third kappa shape index (κ3) is 5.20. The molecule has 0 aromatic heterocycles. The Kier molecular flexibility index (Phi) is 6.53. The van der Waals surface area contributed by atoms with Crippen molar-refractivity contribution in [3.05, 3.63) is 59.6 Å². The molecule has 3 rings (SSSR count). The first-order chi connectivity index (χ1) is 12.5. The molecule has 1 aliphatic rings. The van der Waals surface area contributed by atoms with Crippen LogP contribution in [0.5, 0.6) is 5.75 Å². The Bertz CT molecular complexity index is 807. The zero-order valence-electron chi connectivity index (χ0n) is 14.5. The summed E-state index contributed by atoms with van der Waals surface area (Å²) in [5.74, 6) is 0.870. The maximum Gasteiger partial charge on any atom is 0.242 e. The summed E-state index contributed by atoms with van der Waals surface area (Å²) in [5, 5.41) is 0.246. The first-order valence-electron chi connectivity index (χ1n) is 8.72. The molecule has 0 unspecified atom stereocenters. The van der Waals surface area contributed by atoms with E-state index in [0.29, 0.717) is 6.61 Å². The number of nitrogens with one attached hydrogen (secondary N) is 1. The molecule has 0 amide bonds. The van der Waals surface area contributed by atoms with Gasteiger partial charge in [-0.1, -0.05) is 41.9 Å². The van der Waals surface area contributed by atoms with Crippen LogP contribution >= 0.6 is 11.6 Å². The van der Waals surface area contributed by atoms with Crippen molar-refractivity contribution >= 4 is 21.6 Å². The second kappa shape index (κ2) is 8.86. The number of sulfonamides is 1. The van der Waals surface area contributed by atoms with Gasteiger partial charge in [0.05, 0.1) is 5.02 Å². The fourth-order valence-electron chi connectivity index (χ4n) is 3.03. The highest BCUT2D eigenvalue weighted by Crippen LogP contribution is 2.22. The lowest BCUT2D eigenvalue weighted by atomic mass is 10.1. The number of para-hydroxylation sites is 1. The van der Waals surface area contributed by atoms with Gasteiger partial charge >= 0.3 is 0 Å². The summed E-state index contributed by atoms with van der Waals surface area (Å²) in [7, 11) is -3.59. The number of likely N-dealkylation sites (tertiary alicyclic amines) is 1. The largest absolute Gasteiger partial charge is 0.492 e. The van der Waals surface area contributed by atoms with Gasteiger partial charge in [0.1, 0.15) is 17.3 Å². The van der Waals surface area contributed by atoms with Crippen LogP contribution in [0.25, 0.3) is 0 Å². The first kappa shape index (κ1) is 19.2. The molecule has 0 radical (unpaired) electrons. The number of benzene rings is 2. The summed E-state index contributed by atoms with van der Waals surface area (Å²) in [6.07, 6.45) is 1.55. The second-order valence-corrected chi connectivity index (χ2v) is 8.42. The molecule has 1 heterocycles. The minimum Gasteiger partial charge on any atom is -0.492 e. The van der Waals surface area contributed by atoms with Gasteiger partial charge < -0.3 is 4.74 Å². The minimum absolute atomic E-state index is 0.0671. The molecule has 5 nitrogen and oxygen atoms in total. The van der Waals surface area contributed by atoms with Crippen molar-refractivity contribution in [3.8, 4) is 5.75 Å². The lowest BCUT2D eigenvalue weighted by Gasteiger charge is -2.32. The number of rotatable bonds is 7. The van der Waals surface area contributed by atoms with E-state index in [4.69, 9.17) is 16.3 Å². The maximum atomic E-state index is 12.5. The molecule has 1 saturated heterocycles. The molecule has 1 fully saturated rings. The predicted molar refractivity (Wildman–Crippen MR) is 103 cm³/mol. The van der Waals surface area contributed by atoms with Gasteiger partial charge in [0.15, 0.2) is 0 Å². The summed E-state index contributed by atoms with van der Waals surface area (Å²) >= 11 is 6.02. The first-order valence-corrected chi connectivity index (χ1v) is 10.6. The minimum atomic E-state index is -3.59. The fourth-order valence-corrected chi connectivity index (χ4v) is 4.85. The molecule has 0 spiro atoms. The predicted octanol–water partition coefficient (Wildman–Crippen LogP) is 3.16. The van der Waals surface area contributed by atoms with Gasteiger partial charge in [0.2, 0.25) is 10.0 Å². The second-order valence-electron chi connectivity index (χ2n) is 6.33. The van der Waals surface area contributed by atoms with Crippen molar-refractivity contribution in [1.29, 1.82) is 0 Å². The van der Waals surface area contributed by atoms with Crippen LogP contribution in [0.1, 0.15) is 12.8 Å². The molecule has 1 aliphatic heterocycles. The van der Waals surface area contributed by atoms with Crippen LogP contribution in [-0.4, -0.2) is 45.6 Å². The van der Waals surface area contributed by atoms with E-state index < -0.39 is 10.0 Å². The molecule has 140 valence electrons. The van der Waals surface area contributed by atoms with Gasteiger partial charge in [-0.15, -0.1) is 0 Å². The average Bonchev–Trinajstić information content (AvgIpc) is 2.64. The van der Waals surface area contributed by atoms with Gasteiger partial charge in [-0.3, -0.25) is 4.90 Å². The Morgan fingerprint density at radius 2 is 1.69 bits per heavy atom. The fraction of sp³-hybridized carbons (Fsp3) is 0.368. The van der Waals surface area contributed by atoms with Crippen molar-refractivity contribution in [2.24, 2.45) is 0 Å². The van der Waals surface area contributed by atoms with E-state index in [9.17, 15) is 8.42 Å². The smallest absolute Gasteiger partial charge is 0.242 e. The molecular weight excluding hydrogens is 372 g/mol. The average molecular weight is 395 g/mol. The number of nitrogens with zero attached hydrogens (tertiary/aromatic N) is 1. The van der Waals surface area contributed by atoms with Crippen molar-refractivity contribution in [2.75, 3.05) is 26.2 Å². The van der Waals surface area contributed by atoms with Crippen molar-refractivity contribution < 1.29 is 13.2 Å². The maximum absolute atomic E-state index is 12.5. The van der Waals surface area contributed by atoms with Crippen molar-refractivity contribution in [2.45, 2.75) is 23.8 Å². The molecular formula is C19H23ClN2O3S. The topological polar surface area (TPSA) is 58.6 Å². The number of piperidine rings is 1. The summed E-state index contributed by atoms with van der Waals surface area (Å²) in [4.78, 5) is 2.43. The van der Waals surface area contributed by atoms with E-state index in [0.717, 1.165) is 38.2 Å². The van der Waals surface area contributed by atoms with E-state index >= 15 is 0 Å². The monoisotopic (exact) mass is 394 g/mol. The van der Waals surface area contributed by atoms with Crippen LogP contribution in [0.15, 0.2) is 59.5 Å². The lowest BCUT2D eigenvalue weighted by molar-refractivity contribution is 0.170. The zero-order valence-corrected chi connectivity index (χ0v) is 16.0. The molecule has 26 heavy (non-hydrogen) atoms. The van der Waals surface area contributed by atoms with E-state index in [1.54, 1.807) is 18.2 Å². The SMILES string of the molecule is O=S(=O)(NC1CCN(CCOc2ccccc2)CC1)c1ccccc1Cl. The van der Waals surface area contributed by atoms with Crippen LogP contribution in [0.2, 0.25) is 5.02 Å². The van der Waals surface area contributed by atoms with E-state index in [1.807, 2.05) is 30.3 Å². The highest BCUT2D eigenvalue weighted by molar-refractivity contribution is 7.89. The van der Waals surface area contributed by atoms with Gasteiger partial charge in [-0.25, -0.2) is 13.1 Å². The molecule has 0 aliphatic carbocycles. The van der Waals surface area contributed by atoms with E-state index in [2.05, 4.69) is 9.62 Å². The highest BCUT2D eigenvalue weighted by Gasteiger charge is 2.25. The molecule has 2 aromatic rings. The number of halogens is 1. The highest BCUT2D eigenvalue weighted by atomic mass is 35.5. The molecule has 1 N–H and O–H groups in total. The summed E-state index contributed by atoms with van der Waals surface area (Å²) < 4.78 is 33.5. The molecule has 2 aromatic carbocycles. The Hall–Kier alpha value is -1.60. The molecule has 0 saturated carbocycles. The number of hydrogen-bond acceptors (Lipinski definition) is 4. The Morgan fingerprint density at radius 1 is 1.04 bits per heavy atom. The standard InChI is InChI=1S/C19H23ClN2O3S/c20-18-8-4-5-9-19(18)26(23,24)21-16-10-12-22(13-11-16)14-15-25-17-6-2-1-3-7-17/h1-9,16,21H,10-15H2. The van der Waals surface area contributed by atoms with E-state index in [-0.39, 0.29) is 16.0 Å². The van der Waals surface area contributed by atoms with Gasteiger partial charge in [0, 0.05) is 12.6 Å². The Morgan fingerprint density at radius 3 is 2.38 bits per heavy atom. The Labute approximate surface area is 160 Å². The summed E-state index contributed by atoms with van der Waals surface area (Å²) in [6.45, 7) is 3.14. The molecule has 7 heteroatoms. The number of hydrogen-bond donors (Lipinski definition) is 1. The third-order valence-electron chi connectivity index (χ3n) is 4.46. The quantitative estimate of drug-likeness (QED) is 0.783. The van der Waals surface area contributed by atoms with Crippen LogP contribution in [-0.2, 0) is 10.0 Å². The third-order valence-corrected chi connectivity index (χ3v) is 6.48. The van der Waals surface area contributed by atoms with Crippen LogP contribution in [0.3, 0.4) is 0 Å². The van der Waals surface area contributed by atoms with E-state index in [1.165, 1.54) is 6.07 Å². The van der Waals surface area contributed by atoms with Crippen LogP contribution in [0, 0.1) is 0 Å². The van der Waals surface area contributed by atoms with Crippen molar-refractivity contribution in [1.82, 2.24) is 9.62 Å². The van der Waals surface area contributed by atoms with Gasteiger partial charge in [-0.05, 0) is 50.2 Å². The summed E-state index contributed by atoms with van der Waals surface area (Å²) in [5.41, 5.74) is 0.